The van der Waals surface area contributed by atoms with Crippen LogP contribution in [-0.2, 0) is 9.53 Å². The Morgan fingerprint density at radius 3 is 2.19 bits per heavy atom. The minimum absolute atomic E-state index is 0.350. The molecule has 1 amide bonds. The highest BCUT2D eigenvalue weighted by atomic mass is 16.5. The number of carbonyl (C=O) groups is 2. The van der Waals surface area contributed by atoms with Crippen LogP contribution in [0.1, 0.15) is 27.7 Å². The Labute approximate surface area is 157 Å². The highest BCUT2D eigenvalue weighted by Gasteiger charge is 2.34. The van der Waals surface area contributed by atoms with Crippen LogP contribution < -0.4 is 5.32 Å². The van der Waals surface area contributed by atoms with Gasteiger partial charge in [0.1, 0.15) is 6.04 Å². The van der Waals surface area contributed by atoms with E-state index in [4.69, 9.17) is 4.74 Å². The smallest absolute Gasteiger partial charge is 0.331 e. The third kappa shape index (κ3) is 4.06. The van der Waals surface area contributed by atoms with E-state index in [2.05, 4.69) is 10.4 Å². The van der Waals surface area contributed by atoms with Gasteiger partial charge in [0.05, 0.1) is 7.11 Å². The lowest BCUT2D eigenvalue weighted by Gasteiger charge is -2.28. The molecule has 0 saturated heterocycles. The van der Waals surface area contributed by atoms with E-state index in [-0.39, 0.29) is 5.91 Å². The van der Waals surface area contributed by atoms with Crippen molar-refractivity contribution in [3.8, 4) is 0 Å². The van der Waals surface area contributed by atoms with Crippen molar-refractivity contribution in [2.75, 3.05) is 7.11 Å². The maximum Gasteiger partial charge on any atom is 0.331 e. The third-order valence-corrected chi connectivity index (χ3v) is 4.37. The van der Waals surface area contributed by atoms with Crippen molar-refractivity contribution in [2.24, 2.45) is 0 Å². The summed E-state index contributed by atoms with van der Waals surface area (Å²) in [7, 11) is 1.31. The number of methoxy groups -OCH3 is 1. The molecule has 1 aromatic heterocycles. The number of hydrogen-bond acceptors (Lipinski definition) is 4. The Hall–Kier alpha value is -3.41. The summed E-state index contributed by atoms with van der Waals surface area (Å²) in [6.45, 7) is 1.90. The van der Waals surface area contributed by atoms with Crippen molar-refractivity contribution in [2.45, 2.75) is 19.0 Å². The fourth-order valence-electron chi connectivity index (χ4n) is 3.00. The minimum atomic E-state index is -0.941. The maximum atomic E-state index is 12.7. The second-order valence-electron chi connectivity index (χ2n) is 6.11. The van der Waals surface area contributed by atoms with E-state index < -0.39 is 18.1 Å². The number of rotatable bonds is 6. The first-order valence-corrected chi connectivity index (χ1v) is 8.60. The molecule has 2 atom stereocenters. The van der Waals surface area contributed by atoms with E-state index in [1.807, 2.05) is 49.4 Å². The molecular formula is C21H21N3O3. The van der Waals surface area contributed by atoms with Crippen LogP contribution >= 0.6 is 0 Å². The molecule has 138 valence electrons. The Kier molecular flexibility index (Phi) is 5.66. The first-order valence-electron chi connectivity index (χ1n) is 8.60. The van der Waals surface area contributed by atoms with Crippen LogP contribution in [-0.4, -0.2) is 34.8 Å². The normalized spacial score (nSPS) is 12.8. The number of carbonyl (C=O) groups excluding carboxylic acids is 2. The van der Waals surface area contributed by atoms with Gasteiger partial charge >= 0.3 is 5.97 Å². The quantitative estimate of drug-likeness (QED) is 0.684. The van der Waals surface area contributed by atoms with Gasteiger partial charge in [0.25, 0.3) is 5.91 Å². The molecule has 6 heteroatoms. The van der Waals surface area contributed by atoms with Crippen molar-refractivity contribution in [1.82, 2.24) is 15.1 Å². The van der Waals surface area contributed by atoms with Crippen LogP contribution in [0.5, 0.6) is 0 Å². The van der Waals surface area contributed by atoms with Gasteiger partial charge in [-0.2, -0.15) is 5.10 Å². The molecule has 3 aromatic rings. The number of nitrogens with zero attached hydrogens (tertiary/aromatic N) is 2. The third-order valence-electron chi connectivity index (χ3n) is 4.37. The molecule has 0 aliphatic rings. The summed E-state index contributed by atoms with van der Waals surface area (Å²) < 4.78 is 6.72. The number of ether oxygens (including phenoxy) is 1. The number of amides is 1. The molecule has 0 fully saturated rings. The van der Waals surface area contributed by atoms with Crippen LogP contribution in [0.2, 0.25) is 0 Å². The monoisotopic (exact) mass is 363 g/mol. The molecule has 1 heterocycles. The van der Waals surface area contributed by atoms with Crippen molar-refractivity contribution < 1.29 is 14.3 Å². The highest BCUT2D eigenvalue weighted by Crippen LogP contribution is 2.24. The van der Waals surface area contributed by atoms with E-state index in [0.29, 0.717) is 5.56 Å². The standard InChI is InChI=1S/C21H21N3O3/c1-15-13-14-22-24(15)19(16-9-5-3-6-10-16)18(21(26)27-2)23-20(25)17-11-7-4-8-12-17/h3-14,18-19H,1-2H3,(H,23,25)/t18-,19-/m1/s1. The predicted octanol–water partition coefficient (Wildman–Crippen LogP) is 2.75. The SMILES string of the molecule is COC(=O)[C@H](NC(=O)c1ccccc1)[C@@H](c1ccccc1)n1nccc1C. The number of aromatic nitrogens is 2. The lowest BCUT2D eigenvalue weighted by molar-refractivity contribution is -0.143. The van der Waals surface area contributed by atoms with E-state index in [0.717, 1.165) is 11.3 Å². The zero-order valence-corrected chi connectivity index (χ0v) is 15.2. The molecule has 2 aromatic carbocycles. The van der Waals surface area contributed by atoms with Crippen LogP contribution in [0.4, 0.5) is 0 Å². The molecule has 0 aliphatic carbocycles. The van der Waals surface area contributed by atoms with Gasteiger partial charge in [0, 0.05) is 17.5 Å². The summed E-state index contributed by atoms with van der Waals surface area (Å²) in [4.78, 5) is 25.3. The van der Waals surface area contributed by atoms with E-state index in [1.54, 1.807) is 35.1 Å². The van der Waals surface area contributed by atoms with Crippen molar-refractivity contribution in [1.29, 1.82) is 0 Å². The van der Waals surface area contributed by atoms with Crippen molar-refractivity contribution >= 4 is 11.9 Å². The zero-order chi connectivity index (χ0) is 19.2. The first kappa shape index (κ1) is 18.4. The lowest BCUT2D eigenvalue weighted by atomic mass is 9.98. The van der Waals surface area contributed by atoms with Gasteiger partial charge in [-0.15, -0.1) is 0 Å². The molecule has 0 unspecified atom stereocenters. The molecule has 6 nitrogen and oxygen atoms in total. The summed E-state index contributed by atoms with van der Waals surface area (Å²) in [6.07, 6.45) is 1.67. The fourth-order valence-corrected chi connectivity index (χ4v) is 3.00. The molecule has 0 spiro atoms. The fraction of sp³-hybridized carbons (Fsp3) is 0.190. The van der Waals surface area contributed by atoms with Gasteiger partial charge in [-0.05, 0) is 30.7 Å². The molecule has 27 heavy (non-hydrogen) atoms. The molecule has 1 N–H and O–H groups in total. The number of benzene rings is 2. The van der Waals surface area contributed by atoms with Crippen LogP contribution in [0.15, 0.2) is 72.9 Å². The van der Waals surface area contributed by atoms with Crippen molar-refractivity contribution in [3.63, 3.8) is 0 Å². The van der Waals surface area contributed by atoms with E-state index >= 15 is 0 Å². The van der Waals surface area contributed by atoms with Crippen LogP contribution in [0.3, 0.4) is 0 Å². The largest absolute Gasteiger partial charge is 0.467 e. The first-order chi connectivity index (χ1) is 13.1. The second kappa shape index (κ2) is 8.31. The Morgan fingerprint density at radius 2 is 1.63 bits per heavy atom. The second-order valence-corrected chi connectivity index (χ2v) is 6.11. The topological polar surface area (TPSA) is 73.2 Å². The van der Waals surface area contributed by atoms with Crippen LogP contribution in [0, 0.1) is 6.92 Å². The molecule has 3 rings (SSSR count). The molecule has 0 saturated carbocycles. The Morgan fingerprint density at radius 1 is 1.00 bits per heavy atom. The number of hydrogen-bond donors (Lipinski definition) is 1. The molecule has 0 bridgehead atoms. The van der Waals surface area contributed by atoms with E-state index in [9.17, 15) is 9.59 Å². The zero-order valence-electron chi connectivity index (χ0n) is 15.2. The van der Waals surface area contributed by atoms with Crippen LogP contribution in [0.25, 0.3) is 0 Å². The predicted molar refractivity (Wildman–Crippen MR) is 101 cm³/mol. The number of esters is 1. The Bertz CT molecular complexity index is 907. The molecule has 0 aliphatic heterocycles. The van der Waals surface area contributed by atoms with Gasteiger partial charge in [-0.3, -0.25) is 9.48 Å². The van der Waals surface area contributed by atoms with Gasteiger partial charge < -0.3 is 10.1 Å². The average Bonchev–Trinajstić information content (AvgIpc) is 3.14. The summed E-state index contributed by atoms with van der Waals surface area (Å²) in [5.74, 6) is -0.889. The highest BCUT2D eigenvalue weighted by molar-refractivity contribution is 5.97. The summed E-state index contributed by atoms with van der Waals surface area (Å²) in [5, 5.41) is 7.19. The maximum absolute atomic E-state index is 12.7. The van der Waals surface area contributed by atoms with Gasteiger partial charge in [0.2, 0.25) is 0 Å². The summed E-state index contributed by atoms with van der Waals surface area (Å²) in [6, 6.07) is 18.6. The van der Waals surface area contributed by atoms with E-state index in [1.165, 1.54) is 7.11 Å². The summed E-state index contributed by atoms with van der Waals surface area (Å²) in [5.41, 5.74) is 2.18. The summed E-state index contributed by atoms with van der Waals surface area (Å²) >= 11 is 0. The average molecular weight is 363 g/mol. The Balaban J connectivity index is 2.03. The van der Waals surface area contributed by atoms with Gasteiger partial charge in [-0.25, -0.2) is 4.79 Å². The minimum Gasteiger partial charge on any atom is -0.467 e. The van der Waals surface area contributed by atoms with Gasteiger partial charge in [-0.1, -0.05) is 48.5 Å². The molecule has 0 radical (unpaired) electrons. The molecular weight excluding hydrogens is 342 g/mol. The van der Waals surface area contributed by atoms with Gasteiger partial charge in [0.15, 0.2) is 6.04 Å². The number of nitrogens with one attached hydrogen (secondary N) is 1. The number of aryl methyl sites for hydroxylation is 1. The lowest BCUT2D eigenvalue weighted by Crippen LogP contribution is -2.48. The van der Waals surface area contributed by atoms with Crippen molar-refractivity contribution in [3.05, 3.63) is 89.7 Å².